The minimum atomic E-state index is -1.68. The standard InChI is InChI=1S/C16H21F3N2O2/c1-4-5-6-9-20-14(22)16(2,3)15(23)21-11-8-7-10(17)12(18)13(11)19/h7-8H,4-6,9H2,1-3H3,(H,20,22)(H,21,23). The van der Waals surface area contributed by atoms with Gasteiger partial charge in [0, 0.05) is 6.54 Å². The van der Waals surface area contributed by atoms with Gasteiger partial charge in [0.2, 0.25) is 11.8 Å². The van der Waals surface area contributed by atoms with Gasteiger partial charge in [0.15, 0.2) is 17.5 Å². The molecule has 4 nitrogen and oxygen atoms in total. The molecule has 0 atom stereocenters. The lowest BCUT2D eigenvalue weighted by atomic mass is 9.91. The largest absolute Gasteiger partial charge is 0.355 e. The summed E-state index contributed by atoms with van der Waals surface area (Å²) < 4.78 is 39.6. The maximum atomic E-state index is 13.6. The van der Waals surface area contributed by atoms with E-state index in [1.807, 2.05) is 6.92 Å². The van der Waals surface area contributed by atoms with Gasteiger partial charge in [-0.1, -0.05) is 19.8 Å². The molecule has 0 unspecified atom stereocenters. The zero-order chi connectivity index (χ0) is 17.6. The van der Waals surface area contributed by atoms with Gasteiger partial charge in [-0.3, -0.25) is 9.59 Å². The third kappa shape index (κ3) is 4.71. The highest BCUT2D eigenvalue weighted by Gasteiger charge is 2.36. The lowest BCUT2D eigenvalue weighted by Crippen LogP contribution is -2.45. The summed E-state index contributed by atoms with van der Waals surface area (Å²) in [7, 11) is 0. The van der Waals surface area contributed by atoms with Crippen LogP contribution in [0.3, 0.4) is 0 Å². The number of rotatable bonds is 7. The molecule has 0 fully saturated rings. The molecular weight excluding hydrogens is 309 g/mol. The van der Waals surface area contributed by atoms with Gasteiger partial charge in [-0.15, -0.1) is 0 Å². The minimum Gasteiger partial charge on any atom is -0.355 e. The lowest BCUT2D eigenvalue weighted by Gasteiger charge is -2.23. The second kappa shape index (κ2) is 7.99. The molecule has 0 heterocycles. The fraction of sp³-hybridized carbons (Fsp3) is 0.500. The van der Waals surface area contributed by atoms with Gasteiger partial charge in [0.05, 0.1) is 5.69 Å². The SMILES string of the molecule is CCCCCNC(=O)C(C)(C)C(=O)Nc1ccc(F)c(F)c1F. The molecule has 128 valence electrons. The van der Waals surface area contributed by atoms with Crippen LogP contribution in [0.5, 0.6) is 0 Å². The first kappa shape index (κ1) is 19.0. The average molecular weight is 330 g/mol. The van der Waals surface area contributed by atoms with E-state index in [0.717, 1.165) is 25.3 Å². The summed E-state index contributed by atoms with van der Waals surface area (Å²) in [5, 5.41) is 4.75. The Bertz CT molecular complexity index is 589. The van der Waals surface area contributed by atoms with E-state index in [-0.39, 0.29) is 0 Å². The molecule has 1 aromatic carbocycles. The number of unbranched alkanes of at least 4 members (excludes halogenated alkanes) is 2. The summed E-state index contributed by atoms with van der Waals surface area (Å²) in [5.41, 5.74) is -2.00. The third-order valence-electron chi connectivity index (χ3n) is 3.48. The van der Waals surface area contributed by atoms with Crippen LogP contribution in [0.25, 0.3) is 0 Å². The van der Waals surface area contributed by atoms with Crippen molar-refractivity contribution in [2.75, 3.05) is 11.9 Å². The normalized spacial score (nSPS) is 11.2. The molecule has 7 heteroatoms. The predicted octanol–water partition coefficient (Wildman–Crippen LogP) is 3.38. The zero-order valence-corrected chi connectivity index (χ0v) is 13.4. The number of benzene rings is 1. The Balaban J connectivity index is 2.75. The van der Waals surface area contributed by atoms with Crippen LogP contribution in [-0.2, 0) is 9.59 Å². The van der Waals surface area contributed by atoms with Crippen LogP contribution in [0, 0.1) is 22.9 Å². The number of hydrogen-bond donors (Lipinski definition) is 2. The monoisotopic (exact) mass is 330 g/mol. The summed E-state index contributed by atoms with van der Waals surface area (Å²) in [6, 6.07) is 1.60. The summed E-state index contributed by atoms with van der Waals surface area (Å²) in [6.07, 6.45) is 2.74. The van der Waals surface area contributed by atoms with Crippen molar-refractivity contribution in [2.45, 2.75) is 40.0 Å². The van der Waals surface area contributed by atoms with E-state index >= 15 is 0 Å². The number of hydrogen-bond acceptors (Lipinski definition) is 2. The van der Waals surface area contributed by atoms with E-state index in [9.17, 15) is 22.8 Å². The van der Waals surface area contributed by atoms with Crippen molar-refractivity contribution in [1.29, 1.82) is 0 Å². The maximum absolute atomic E-state index is 13.6. The Morgan fingerprint density at radius 3 is 2.30 bits per heavy atom. The van der Waals surface area contributed by atoms with Gasteiger partial charge in [-0.2, -0.15) is 0 Å². The fourth-order valence-corrected chi connectivity index (χ4v) is 1.80. The summed E-state index contributed by atoms with van der Waals surface area (Å²) in [5.74, 6) is -5.86. The predicted molar refractivity (Wildman–Crippen MR) is 81.3 cm³/mol. The van der Waals surface area contributed by atoms with Crippen LogP contribution in [0.4, 0.5) is 18.9 Å². The van der Waals surface area contributed by atoms with Gasteiger partial charge in [-0.05, 0) is 32.4 Å². The minimum absolute atomic E-state index is 0.433. The first-order valence-electron chi connectivity index (χ1n) is 7.45. The Morgan fingerprint density at radius 2 is 1.70 bits per heavy atom. The first-order valence-corrected chi connectivity index (χ1v) is 7.45. The van der Waals surface area contributed by atoms with Crippen LogP contribution in [0.2, 0.25) is 0 Å². The van der Waals surface area contributed by atoms with Crippen molar-refractivity contribution < 1.29 is 22.8 Å². The molecule has 0 aliphatic carbocycles. The maximum Gasteiger partial charge on any atom is 0.239 e. The number of halogens is 3. The molecule has 0 bridgehead atoms. The van der Waals surface area contributed by atoms with E-state index in [4.69, 9.17) is 0 Å². The van der Waals surface area contributed by atoms with Gasteiger partial charge in [-0.25, -0.2) is 13.2 Å². The topological polar surface area (TPSA) is 58.2 Å². The average Bonchev–Trinajstić information content (AvgIpc) is 2.51. The van der Waals surface area contributed by atoms with E-state index in [1.165, 1.54) is 13.8 Å². The van der Waals surface area contributed by atoms with Crippen molar-refractivity contribution in [3.8, 4) is 0 Å². The van der Waals surface area contributed by atoms with Gasteiger partial charge < -0.3 is 10.6 Å². The molecule has 23 heavy (non-hydrogen) atoms. The molecule has 0 aliphatic rings. The Kier molecular flexibility index (Phi) is 6.60. The fourth-order valence-electron chi connectivity index (χ4n) is 1.80. The third-order valence-corrected chi connectivity index (χ3v) is 3.48. The van der Waals surface area contributed by atoms with Gasteiger partial charge in [0.25, 0.3) is 0 Å². The van der Waals surface area contributed by atoms with Gasteiger partial charge >= 0.3 is 0 Å². The molecule has 0 radical (unpaired) electrons. The molecule has 0 aliphatic heterocycles. The molecule has 0 aromatic heterocycles. The summed E-state index contributed by atoms with van der Waals surface area (Å²) >= 11 is 0. The molecule has 0 spiro atoms. The smallest absolute Gasteiger partial charge is 0.239 e. The second-order valence-electron chi connectivity index (χ2n) is 5.77. The van der Waals surface area contributed by atoms with Crippen molar-refractivity contribution in [2.24, 2.45) is 5.41 Å². The Labute approximate surface area is 133 Å². The van der Waals surface area contributed by atoms with Gasteiger partial charge in [0.1, 0.15) is 5.41 Å². The van der Waals surface area contributed by atoms with Crippen molar-refractivity contribution in [1.82, 2.24) is 5.32 Å². The lowest BCUT2D eigenvalue weighted by molar-refractivity contribution is -0.138. The quantitative estimate of drug-likeness (QED) is 0.457. The summed E-state index contributed by atoms with van der Waals surface area (Å²) in [6.45, 7) is 5.20. The van der Waals surface area contributed by atoms with Crippen LogP contribution in [0.15, 0.2) is 12.1 Å². The van der Waals surface area contributed by atoms with Crippen molar-refractivity contribution >= 4 is 17.5 Å². The number of anilines is 1. The first-order chi connectivity index (χ1) is 10.7. The highest BCUT2D eigenvalue weighted by atomic mass is 19.2. The number of carbonyl (C=O) groups is 2. The van der Waals surface area contributed by atoms with E-state index in [0.29, 0.717) is 12.6 Å². The molecule has 0 saturated heterocycles. The molecule has 2 N–H and O–H groups in total. The van der Waals surface area contributed by atoms with E-state index < -0.39 is 40.4 Å². The highest BCUT2D eigenvalue weighted by Crippen LogP contribution is 2.23. The number of nitrogens with one attached hydrogen (secondary N) is 2. The van der Waals surface area contributed by atoms with Crippen LogP contribution in [-0.4, -0.2) is 18.4 Å². The second-order valence-corrected chi connectivity index (χ2v) is 5.77. The molecule has 0 saturated carbocycles. The van der Waals surface area contributed by atoms with E-state index in [1.54, 1.807) is 0 Å². The molecule has 2 amide bonds. The van der Waals surface area contributed by atoms with Crippen molar-refractivity contribution in [3.63, 3.8) is 0 Å². The Hall–Kier alpha value is -2.05. The zero-order valence-electron chi connectivity index (χ0n) is 13.4. The van der Waals surface area contributed by atoms with Crippen LogP contribution >= 0.6 is 0 Å². The molecule has 1 rings (SSSR count). The highest BCUT2D eigenvalue weighted by molar-refractivity contribution is 6.09. The van der Waals surface area contributed by atoms with E-state index in [2.05, 4.69) is 10.6 Å². The van der Waals surface area contributed by atoms with Crippen LogP contribution < -0.4 is 10.6 Å². The number of carbonyl (C=O) groups excluding carboxylic acids is 2. The van der Waals surface area contributed by atoms with Crippen molar-refractivity contribution in [3.05, 3.63) is 29.6 Å². The van der Waals surface area contributed by atoms with Crippen LogP contribution in [0.1, 0.15) is 40.0 Å². The number of amides is 2. The molecule has 1 aromatic rings. The Morgan fingerprint density at radius 1 is 1.04 bits per heavy atom. The summed E-state index contributed by atoms with van der Waals surface area (Å²) in [4.78, 5) is 24.2. The molecular formula is C16H21F3N2O2.